The van der Waals surface area contributed by atoms with Crippen molar-refractivity contribution in [2.45, 2.75) is 19.4 Å². The Bertz CT molecular complexity index is 479. The first-order chi connectivity index (χ1) is 9.61. The Morgan fingerprint density at radius 1 is 1.52 bits per heavy atom. The number of amides is 1. The first kappa shape index (κ1) is 18.3. The predicted octanol–water partition coefficient (Wildman–Crippen LogP) is 2.84. The number of ether oxygens (including phenoxy) is 1. The summed E-state index contributed by atoms with van der Waals surface area (Å²) >= 11 is 3.46. The zero-order valence-electron chi connectivity index (χ0n) is 12.4. The molecule has 21 heavy (non-hydrogen) atoms. The smallest absolute Gasteiger partial charge is 0.227 e. The van der Waals surface area contributed by atoms with E-state index in [2.05, 4.69) is 21.2 Å². The first-order valence-corrected chi connectivity index (χ1v) is 7.69. The molecule has 0 bridgehead atoms. The van der Waals surface area contributed by atoms with Gasteiger partial charge < -0.3 is 15.0 Å². The van der Waals surface area contributed by atoms with Gasteiger partial charge in [0.25, 0.3) is 0 Å². The Morgan fingerprint density at radius 3 is 2.90 bits per heavy atom. The monoisotopic (exact) mass is 376 g/mol. The zero-order valence-corrected chi connectivity index (χ0v) is 14.8. The molecule has 118 valence electrons. The molecule has 1 aliphatic rings. The van der Waals surface area contributed by atoms with Crippen LogP contribution in [0.2, 0.25) is 0 Å². The largest absolute Gasteiger partial charge is 0.496 e. The summed E-state index contributed by atoms with van der Waals surface area (Å²) in [5, 5.41) is 3.29. The van der Waals surface area contributed by atoms with E-state index in [1.165, 1.54) is 0 Å². The number of carbonyl (C=O) groups excluding carboxylic acids is 1. The standard InChI is InChI=1S/C15H21BrN2O2.ClH/c1-18(15(19)11-4-3-7-17-9-11)10-12-8-13(16)5-6-14(12)20-2;/h5-6,8,11,17H,3-4,7,9-10H2,1-2H3;1H/t11-;/m1./s1. The number of carbonyl (C=O) groups is 1. The maximum absolute atomic E-state index is 12.4. The Kier molecular flexibility index (Phi) is 7.49. The molecule has 4 nitrogen and oxygen atoms in total. The van der Waals surface area contributed by atoms with Crippen LogP contribution in [0.15, 0.2) is 22.7 Å². The molecule has 6 heteroatoms. The van der Waals surface area contributed by atoms with Crippen LogP contribution in [-0.2, 0) is 11.3 Å². The number of nitrogens with zero attached hydrogens (tertiary/aromatic N) is 1. The Hall–Kier alpha value is -0.780. The third-order valence-corrected chi connectivity index (χ3v) is 4.17. The fourth-order valence-electron chi connectivity index (χ4n) is 2.58. The lowest BCUT2D eigenvalue weighted by molar-refractivity contribution is -0.135. The van der Waals surface area contributed by atoms with Crippen molar-refractivity contribution in [3.63, 3.8) is 0 Å². The van der Waals surface area contributed by atoms with E-state index in [-0.39, 0.29) is 24.2 Å². The molecule has 0 aliphatic carbocycles. The summed E-state index contributed by atoms with van der Waals surface area (Å²) in [6.07, 6.45) is 2.05. The van der Waals surface area contributed by atoms with Gasteiger partial charge in [0.15, 0.2) is 0 Å². The van der Waals surface area contributed by atoms with E-state index >= 15 is 0 Å². The van der Waals surface area contributed by atoms with E-state index in [0.717, 1.165) is 41.7 Å². The van der Waals surface area contributed by atoms with Crippen molar-refractivity contribution >= 4 is 34.2 Å². The van der Waals surface area contributed by atoms with Crippen LogP contribution in [0.5, 0.6) is 5.75 Å². The Morgan fingerprint density at radius 2 is 2.29 bits per heavy atom. The molecule has 0 radical (unpaired) electrons. The zero-order chi connectivity index (χ0) is 14.5. The highest BCUT2D eigenvalue weighted by molar-refractivity contribution is 9.10. The summed E-state index contributed by atoms with van der Waals surface area (Å²) in [7, 11) is 3.51. The van der Waals surface area contributed by atoms with E-state index in [1.807, 2.05) is 25.2 Å². The van der Waals surface area contributed by atoms with Crippen LogP contribution >= 0.6 is 28.3 Å². The van der Waals surface area contributed by atoms with Crippen LogP contribution in [0, 0.1) is 5.92 Å². The molecule has 1 amide bonds. The molecule has 2 rings (SSSR count). The third-order valence-electron chi connectivity index (χ3n) is 3.67. The average molecular weight is 378 g/mol. The van der Waals surface area contributed by atoms with Gasteiger partial charge in [-0.1, -0.05) is 15.9 Å². The number of piperidine rings is 1. The highest BCUT2D eigenvalue weighted by Crippen LogP contribution is 2.25. The van der Waals surface area contributed by atoms with Crippen molar-refractivity contribution < 1.29 is 9.53 Å². The molecule has 1 aromatic rings. The van der Waals surface area contributed by atoms with Crippen LogP contribution in [0.3, 0.4) is 0 Å². The van der Waals surface area contributed by atoms with Gasteiger partial charge in [-0.05, 0) is 37.6 Å². The number of rotatable bonds is 4. The van der Waals surface area contributed by atoms with E-state index < -0.39 is 0 Å². The van der Waals surface area contributed by atoms with Gasteiger partial charge >= 0.3 is 0 Å². The predicted molar refractivity (Wildman–Crippen MR) is 90.0 cm³/mol. The van der Waals surface area contributed by atoms with Crippen LogP contribution in [0.25, 0.3) is 0 Å². The molecular weight excluding hydrogens is 356 g/mol. The van der Waals surface area contributed by atoms with E-state index in [0.29, 0.717) is 6.54 Å². The number of hydrogen-bond acceptors (Lipinski definition) is 3. The van der Waals surface area contributed by atoms with Gasteiger partial charge in [0.1, 0.15) is 5.75 Å². The highest BCUT2D eigenvalue weighted by atomic mass is 79.9. The minimum atomic E-state index is 0. The third kappa shape index (κ3) is 4.87. The van der Waals surface area contributed by atoms with Crippen molar-refractivity contribution in [2.75, 3.05) is 27.2 Å². The second kappa shape index (κ2) is 8.61. The number of hydrogen-bond donors (Lipinski definition) is 1. The van der Waals surface area contributed by atoms with Gasteiger partial charge in [0, 0.05) is 30.2 Å². The number of benzene rings is 1. The molecule has 0 unspecified atom stereocenters. The first-order valence-electron chi connectivity index (χ1n) is 6.90. The SMILES string of the molecule is COc1ccc(Br)cc1CN(C)C(=O)[C@@H]1CCCNC1.Cl. The number of halogens is 2. The molecule has 1 fully saturated rings. The maximum Gasteiger partial charge on any atom is 0.227 e. The van der Waals surface area contributed by atoms with Crippen molar-refractivity contribution in [2.24, 2.45) is 5.92 Å². The quantitative estimate of drug-likeness (QED) is 0.877. The highest BCUT2D eigenvalue weighted by Gasteiger charge is 2.24. The molecule has 0 aromatic heterocycles. The fraction of sp³-hybridized carbons (Fsp3) is 0.533. The van der Waals surface area contributed by atoms with Gasteiger partial charge in [0.2, 0.25) is 5.91 Å². The van der Waals surface area contributed by atoms with Crippen LogP contribution in [0.1, 0.15) is 18.4 Å². The number of nitrogens with one attached hydrogen (secondary N) is 1. The minimum Gasteiger partial charge on any atom is -0.496 e. The molecule has 1 saturated heterocycles. The van der Waals surface area contributed by atoms with Crippen molar-refractivity contribution in [3.05, 3.63) is 28.2 Å². The topological polar surface area (TPSA) is 41.6 Å². The summed E-state index contributed by atoms with van der Waals surface area (Å²) < 4.78 is 6.35. The second-order valence-electron chi connectivity index (χ2n) is 5.19. The van der Waals surface area contributed by atoms with E-state index in [1.54, 1.807) is 12.0 Å². The normalized spacial score (nSPS) is 17.8. The van der Waals surface area contributed by atoms with E-state index in [9.17, 15) is 4.79 Å². The maximum atomic E-state index is 12.4. The van der Waals surface area contributed by atoms with Gasteiger partial charge in [-0.2, -0.15) is 0 Å². The Balaban J connectivity index is 0.00000220. The molecule has 1 heterocycles. The summed E-state index contributed by atoms with van der Waals surface area (Å²) in [6, 6.07) is 5.86. The molecular formula is C15H22BrClN2O2. The molecule has 0 spiro atoms. The van der Waals surface area contributed by atoms with Gasteiger partial charge in [-0.3, -0.25) is 4.79 Å². The summed E-state index contributed by atoms with van der Waals surface area (Å²) in [4.78, 5) is 14.2. The minimum absolute atomic E-state index is 0. The van der Waals surface area contributed by atoms with Crippen molar-refractivity contribution in [3.8, 4) is 5.75 Å². The molecule has 1 atom stereocenters. The van der Waals surface area contributed by atoms with Gasteiger partial charge in [-0.15, -0.1) is 12.4 Å². The Labute approximate surface area is 140 Å². The van der Waals surface area contributed by atoms with Gasteiger partial charge in [0.05, 0.1) is 13.0 Å². The van der Waals surface area contributed by atoms with Crippen molar-refractivity contribution in [1.29, 1.82) is 0 Å². The number of methoxy groups -OCH3 is 1. The lowest BCUT2D eigenvalue weighted by Crippen LogP contribution is -2.41. The van der Waals surface area contributed by atoms with Crippen LogP contribution < -0.4 is 10.1 Å². The van der Waals surface area contributed by atoms with Gasteiger partial charge in [-0.25, -0.2) is 0 Å². The molecule has 1 aromatic carbocycles. The average Bonchev–Trinajstić information content (AvgIpc) is 2.47. The lowest BCUT2D eigenvalue weighted by atomic mass is 9.98. The van der Waals surface area contributed by atoms with Crippen LogP contribution in [0.4, 0.5) is 0 Å². The summed E-state index contributed by atoms with van der Waals surface area (Å²) in [6.45, 7) is 2.38. The lowest BCUT2D eigenvalue weighted by Gasteiger charge is -2.27. The summed E-state index contributed by atoms with van der Waals surface area (Å²) in [5.41, 5.74) is 1.02. The summed E-state index contributed by atoms with van der Waals surface area (Å²) in [5.74, 6) is 1.13. The molecule has 1 N–H and O–H groups in total. The van der Waals surface area contributed by atoms with Crippen LogP contribution in [-0.4, -0.2) is 38.1 Å². The second-order valence-corrected chi connectivity index (χ2v) is 6.11. The molecule has 0 saturated carbocycles. The van der Waals surface area contributed by atoms with E-state index in [4.69, 9.17) is 4.74 Å². The molecule has 1 aliphatic heterocycles. The van der Waals surface area contributed by atoms with Crippen molar-refractivity contribution in [1.82, 2.24) is 10.2 Å². The fourth-order valence-corrected chi connectivity index (χ4v) is 2.99.